The molecule has 94 valence electrons. The van der Waals surface area contributed by atoms with E-state index < -0.39 is 4.92 Å². The number of methoxy groups -OCH3 is 1. The van der Waals surface area contributed by atoms with Gasteiger partial charge in [-0.3, -0.25) is 15.0 Å². The molecule has 0 saturated carbocycles. The van der Waals surface area contributed by atoms with E-state index in [9.17, 15) is 10.1 Å². The van der Waals surface area contributed by atoms with Crippen LogP contribution in [0.3, 0.4) is 0 Å². The molecule has 5 nitrogen and oxygen atoms in total. The highest BCUT2D eigenvalue weighted by Crippen LogP contribution is 2.25. The maximum absolute atomic E-state index is 10.7. The van der Waals surface area contributed by atoms with E-state index in [0.717, 1.165) is 12.1 Å². The van der Waals surface area contributed by atoms with Gasteiger partial charge in [0.2, 0.25) is 0 Å². The average molecular weight is 259 g/mol. The molecule has 17 heavy (non-hydrogen) atoms. The van der Waals surface area contributed by atoms with Gasteiger partial charge in [-0.2, -0.15) is 0 Å². The second kappa shape index (κ2) is 6.54. The Morgan fingerprint density at radius 2 is 2.24 bits per heavy atom. The summed E-state index contributed by atoms with van der Waals surface area (Å²) in [5.41, 5.74) is 0.809. The van der Waals surface area contributed by atoms with Crippen molar-refractivity contribution in [3.8, 4) is 0 Å². The second-order valence-electron chi connectivity index (χ2n) is 3.77. The summed E-state index contributed by atoms with van der Waals surface area (Å²) < 4.78 is 4.96. The van der Waals surface area contributed by atoms with E-state index in [1.165, 1.54) is 6.07 Å². The highest BCUT2D eigenvalue weighted by molar-refractivity contribution is 6.32. The lowest BCUT2D eigenvalue weighted by molar-refractivity contribution is -0.384. The molecular weight excluding hydrogens is 244 g/mol. The lowest BCUT2D eigenvalue weighted by Gasteiger charge is -2.15. The van der Waals surface area contributed by atoms with Crippen molar-refractivity contribution in [2.75, 3.05) is 27.3 Å². The molecular formula is C11H15ClN2O3. The van der Waals surface area contributed by atoms with Gasteiger partial charge < -0.3 is 4.74 Å². The zero-order chi connectivity index (χ0) is 12.8. The summed E-state index contributed by atoms with van der Waals surface area (Å²) in [7, 11) is 3.57. The molecule has 0 aliphatic heterocycles. The minimum atomic E-state index is -0.471. The molecule has 0 aromatic heterocycles. The minimum absolute atomic E-state index is 0.0516. The van der Waals surface area contributed by atoms with Crippen molar-refractivity contribution in [3.05, 3.63) is 38.9 Å². The molecule has 0 amide bonds. The molecule has 1 aromatic carbocycles. The molecule has 0 bridgehead atoms. The maximum atomic E-state index is 10.7. The molecule has 0 aliphatic rings. The molecule has 0 aliphatic carbocycles. The first-order valence-corrected chi connectivity index (χ1v) is 5.52. The summed E-state index contributed by atoms with van der Waals surface area (Å²) in [4.78, 5) is 12.3. The quantitative estimate of drug-likeness (QED) is 0.580. The van der Waals surface area contributed by atoms with Gasteiger partial charge in [0.25, 0.3) is 5.69 Å². The van der Waals surface area contributed by atoms with Gasteiger partial charge in [0.05, 0.1) is 11.5 Å². The van der Waals surface area contributed by atoms with Crippen LogP contribution in [0, 0.1) is 10.1 Å². The number of nitro benzene ring substituents is 1. The molecule has 0 radical (unpaired) electrons. The SMILES string of the molecule is COCCN(C)Cc1ccc(Cl)c([N+](=O)[O-])c1. The number of hydrogen-bond acceptors (Lipinski definition) is 4. The zero-order valence-electron chi connectivity index (χ0n) is 9.85. The third-order valence-electron chi connectivity index (χ3n) is 2.34. The van der Waals surface area contributed by atoms with Crippen LogP contribution in [0.25, 0.3) is 0 Å². The molecule has 0 spiro atoms. The summed E-state index contributed by atoms with van der Waals surface area (Å²) in [5.74, 6) is 0. The number of nitrogens with zero attached hydrogens (tertiary/aromatic N) is 2. The number of benzene rings is 1. The van der Waals surface area contributed by atoms with Crippen LogP contribution in [-0.2, 0) is 11.3 Å². The Hall–Kier alpha value is -1.17. The van der Waals surface area contributed by atoms with E-state index in [-0.39, 0.29) is 10.7 Å². The Bertz CT molecular complexity index is 398. The Morgan fingerprint density at radius 3 is 2.82 bits per heavy atom. The third kappa shape index (κ3) is 4.30. The van der Waals surface area contributed by atoms with Crippen LogP contribution in [0.5, 0.6) is 0 Å². The number of hydrogen-bond donors (Lipinski definition) is 0. The molecule has 0 atom stereocenters. The van der Waals surface area contributed by atoms with Crippen molar-refractivity contribution in [1.82, 2.24) is 4.90 Å². The van der Waals surface area contributed by atoms with Crippen LogP contribution in [0.2, 0.25) is 5.02 Å². The van der Waals surface area contributed by atoms with Gasteiger partial charge in [0.15, 0.2) is 0 Å². The molecule has 6 heteroatoms. The molecule has 0 unspecified atom stereocenters. The molecule has 0 fully saturated rings. The minimum Gasteiger partial charge on any atom is -0.383 e. The Labute approximate surface area is 105 Å². The standard InChI is InChI=1S/C11H15ClN2O3/c1-13(5-6-17-2)8-9-3-4-10(12)11(7-9)14(15)16/h3-4,7H,5-6,8H2,1-2H3. The van der Waals surface area contributed by atoms with Crippen LogP contribution in [0.4, 0.5) is 5.69 Å². The molecule has 0 heterocycles. The normalized spacial score (nSPS) is 10.8. The topological polar surface area (TPSA) is 55.6 Å². The summed E-state index contributed by atoms with van der Waals surface area (Å²) in [6.07, 6.45) is 0. The van der Waals surface area contributed by atoms with Crippen LogP contribution in [0.1, 0.15) is 5.56 Å². The summed E-state index contributed by atoms with van der Waals surface area (Å²) in [6, 6.07) is 4.85. The number of nitro groups is 1. The van der Waals surface area contributed by atoms with Crippen molar-refractivity contribution in [2.45, 2.75) is 6.54 Å². The van der Waals surface area contributed by atoms with E-state index in [4.69, 9.17) is 16.3 Å². The van der Waals surface area contributed by atoms with Gasteiger partial charge in [-0.25, -0.2) is 0 Å². The Morgan fingerprint density at radius 1 is 1.53 bits per heavy atom. The largest absolute Gasteiger partial charge is 0.383 e. The van der Waals surface area contributed by atoms with Crippen molar-refractivity contribution in [3.63, 3.8) is 0 Å². The fourth-order valence-corrected chi connectivity index (χ4v) is 1.62. The maximum Gasteiger partial charge on any atom is 0.288 e. The van der Waals surface area contributed by atoms with Gasteiger partial charge in [0, 0.05) is 26.3 Å². The third-order valence-corrected chi connectivity index (χ3v) is 2.66. The van der Waals surface area contributed by atoms with E-state index in [1.54, 1.807) is 19.2 Å². The lowest BCUT2D eigenvalue weighted by atomic mass is 10.2. The van der Waals surface area contributed by atoms with Gasteiger partial charge in [-0.05, 0) is 18.7 Å². The summed E-state index contributed by atoms with van der Waals surface area (Å²) in [5, 5.41) is 10.9. The van der Waals surface area contributed by atoms with E-state index in [2.05, 4.69) is 0 Å². The highest BCUT2D eigenvalue weighted by Gasteiger charge is 2.13. The fraction of sp³-hybridized carbons (Fsp3) is 0.455. The predicted octanol–water partition coefficient (Wildman–Crippen LogP) is 2.33. The lowest BCUT2D eigenvalue weighted by Crippen LogP contribution is -2.22. The van der Waals surface area contributed by atoms with Crippen molar-refractivity contribution in [2.24, 2.45) is 0 Å². The van der Waals surface area contributed by atoms with Crippen LogP contribution in [0.15, 0.2) is 18.2 Å². The zero-order valence-corrected chi connectivity index (χ0v) is 10.6. The van der Waals surface area contributed by atoms with Gasteiger partial charge >= 0.3 is 0 Å². The van der Waals surface area contributed by atoms with Gasteiger partial charge in [0.1, 0.15) is 5.02 Å². The average Bonchev–Trinajstić information content (AvgIpc) is 2.28. The first-order chi connectivity index (χ1) is 8.04. The van der Waals surface area contributed by atoms with Gasteiger partial charge in [-0.15, -0.1) is 0 Å². The number of likely N-dealkylation sites (N-methyl/N-ethyl adjacent to an activating group) is 1. The first-order valence-electron chi connectivity index (χ1n) is 5.15. The first kappa shape index (κ1) is 13.9. The molecule has 1 aromatic rings. The monoisotopic (exact) mass is 258 g/mol. The summed E-state index contributed by atoms with van der Waals surface area (Å²) in [6.45, 7) is 2.03. The number of halogens is 1. The van der Waals surface area contributed by atoms with Crippen molar-refractivity contribution < 1.29 is 9.66 Å². The molecule has 0 N–H and O–H groups in total. The molecule has 1 rings (SSSR count). The van der Waals surface area contributed by atoms with Crippen LogP contribution in [-0.4, -0.2) is 37.1 Å². The Kier molecular flexibility index (Phi) is 5.34. The Balaban J connectivity index is 2.72. The summed E-state index contributed by atoms with van der Waals surface area (Å²) >= 11 is 5.74. The van der Waals surface area contributed by atoms with Gasteiger partial charge in [-0.1, -0.05) is 17.7 Å². The van der Waals surface area contributed by atoms with Crippen molar-refractivity contribution >= 4 is 17.3 Å². The van der Waals surface area contributed by atoms with Crippen LogP contribution < -0.4 is 0 Å². The second-order valence-corrected chi connectivity index (χ2v) is 4.18. The van der Waals surface area contributed by atoms with Crippen molar-refractivity contribution in [1.29, 1.82) is 0 Å². The number of rotatable bonds is 6. The predicted molar refractivity (Wildman–Crippen MR) is 66.3 cm³/mol. The van der Waals surface area contributed by atoms with E-state index in [1.807, 2.05) is 11.9 Å². The smallest absolute Gasteiger partial charge is 0.288 e. The van der Waals surface area contributed by atoms with E-state index >= 15 is 0 Å². The highest BCUT2D eigenvalue weighted by atomic mass is 35.5. The van der Waals surface area contributed by atoms with Crippen LogP contribution >= 0.6 is 11.6 Å². The number of ether oxygens (including phenoxy) is 1. The fourth-order valence-electron chi connectivity index (χ4n) is 1.43. The van der Waals surface area contributed by atoms with E-state index in [0.29, 0.717) is 13.2 Å². The molecule has 0 saturated heterocycles.